The first-order chi connectivity index (χ1) is 15.0. The Balaban J connectivity index is 1.56. The number of pyridine rings is 1. The van der Waals surface area contributed by atoms with Crippen molar-refractivity contribution >= 4 is 33.2 Å². The molecule has 1 aromatic heterocycles. The van der Waals surface area contributed by atoms with Gasteiger partial charge in [0, 0.05) is 29.6 Å². The number of aliphatic hydroxyl groups excluding tert-OH is 1. The maximum atomic E-state index is 12.5. The largest absolute Gasteiger partial charge is 0.391 e. The lowest BCUT2D eigenvalue weighted by Gasteiger charge is -2.12. The molecule has 2 N–H and O–H groups in total. The molecule has 0 radical (unpaired) electrons. The Morgan fingerprint density at radius 1 is 1.19 bits per heavy atom. The van der Waals surface area contributed by atoms with Gasteiger partial charge >= 0.3 is 0 Å². The van der Waals surface area contributed by atoms with Gasteiger partial charge in [-0.15, -0.1) is 0 Å². The molecule has 0 fully saturated rings. The molecular formula is C22H21N3O4S2. The Hall–Kier alpha value is -2.88. The van der Waals surface area contributed by atoms with Crippen molar-refractivity contribution in [1.29, 1.82) is 0 Å². The molecule has 3 rings (SSSR count). The summed E-state index contributed by atoms with van der Waals surface area (Å²) in [5.74, 6) is -0.237. The van der Waals surface area contributed by atoms with Crippen molar-refractivity contribution in [3.8, 4) is 0 Å². The van der Waals surface area contributed by atoms with Crippen molar-refractivity contribution in [2.24, 2.45) is 0 Å². The summed E-state index contributed by atoms with van der Waals surface area (Å²) in [6.45, 7) is 1.87. The fourth-order valence-electron chi connectivity index (χ4n) is 2.82. The molecule has 160 valence electrons. The van der Waals surface area contributed by atoms with Crippen LogP contribution < -0.4 is 5.32 Å². The summed E-state index contributed by atoms with van der Waals surface area (Å²) < 4.78 is 0. The lowest BCUT2D eigenvalue weighted by molar-refractivity contribution is -0.385. The van der Waals surface area contributed by atoms with E-state index < -0.39 is 11.5 Å². The van der Waals surface area contributed by atoms with Gasteiger partial charge in [-0.2, -0.15) is 0 Å². The summed E-state index contributed by atoms with van der Waals surface area (Å²) in [4.78, 5) is 27.2. The molecule has 2 aromatic carbocycles. The van der Waals surface area contributed by atoms with Crippen LogP contribution in [0.5, 0.6) is 0 Å². The first kappa shape index (κ1) is 22.8. The molecule has 0 aliphatic heterocycles. The topological polar surface area (TPSA) is 105 Å². The number of aliphatic hydroxyl groups is 1. The third-order valence-electron chi connectivity index (χ3n) is 4.52. The molecular weight excluding hydrogens is 434 g/mol. The first-order valence-electron chi connectivity index (χ1n) is 9.47. The van der Waals surface area contributed by atoms with Crippen molar-refractivity contribution in [2.45, 2.75) is 30.4 Å². The molecule has 0 spiro atoms. The minimum atomic E-state index is -0.538. The minimum absolute atomic E-state index is 0.138. The van der Waals surface area contributed by atoms with Crippen LogP contribution in [-0.4, -0.2) is 20.9 Å². The molecule has 1 amide bonds. The number of aromatic nitrogens is 1. The zero-order chi connectivity index (χ0) is 22.2. The third kappa shape index (κ3) is 6.30. The molecule has 1 heterocycles. The van der Waals surface area contributed by atoms with E-state index in [0.717, 1.165) is 10.6 Å². The molecule has 0 saturated heterocycles. The minimum Gasteiger partial charge on any atom is -0.391 e. The smallest absolute Gasteiger partial charge is 0.274 e. The normalized spacial score (nSPS) is 11.7. The Labute approximate surface area is 187 Å². The standard InChI is InChI=1S/C22H21N3O4S2/c1-15(30-31-21-4-2-3-11-23-21)17-6-8-18(9-7-17)22(27)24-13-16-5-10-20(25(28)29)19(12-16)14-26/h2-12,15,26H,13-14H2,1H3,(H,24,27). The molecule has 1 unspecified atom stereocenters. The molecule has 0 bridgehead atoms. The van der Waals surface area contributed by atoms with Gasteiger partial charge in [-0.25, -0.2) is 4.98 Å². The van der Waals surface area contributed by atoms with Gasteiger partial charge in [-0.3, -0.25) is 14.9 Å². The van der Waals surface area contributed by atoms with Crippen LogP contribution >= 0.6 is 21.6 Å². The van der Waals surface area contributed by atoms with E-state index in [1.165, 1.54) is 12.1 Å². The summed E-state index contributed by atoms with van der Waals surface area (Å²) in [5.41, 5.74) is 2.39. The number of nitrogens with zero attached hydrogens (tertiary/aromatic N) is 2. The zero-order valence-corrected chi connectivity index (χ0v) is 18.4. The summed E-state index contributed by atoms with van der Waals surface area (Å²) in [5, 5.41) is 24.2. The number of carbonyl (C=O) groups excluding carboxylic acids is 1. The van der Waals surface area contributed by atoms with Crippen LogP contribution in [0.3, 0.4) is 0 Å². The van der Waals surface area contributed by atoms with Gasteiger partial charge in [-0.1, -0.05) is 35.1 Å². The fourth-order valence-corrected chi connectivity index (χ4v) is 4.92. The van der Waals surface area contributed by atoms with Crippen LogP contribution in [0.25, 0.3) is 0 Å². The van der Waals surface area contributed by atoms with E-state index in [0.29, 0.717) is 11.1 Å². The van der Waals surface area contributed by atoms with Crippen LogP contribution in [0.15, 0.2) is 71.9 Å². The fraction of sp³-hybridized carbons (Fsp3) is 0.182. The lowest BCUT2D eigenvalue weighted by atomic mass is 10.1. The number of nitro benzene ring substituents is 1. The highest BCUT2D eigenvalue weighted by Crippen LogP contribution is 2.41. The quantitative estimate of drug-likeness (QED) is 0.268. The van der Waals surface area contributed by atoms with Crippen LogP contribution in [0.1, 0.15) is 39.2 Å². The van der Waals surface area contributed by atoms with E-state index in [1.807, 2.05) is 30.3 Å². The van der Waals surface area contributed by atoms with Gasteiger partial charge in [0.25, 0.3) is 11.6 Å². The van der Waals surface area contributed by atoms with Crippen molar-refractivity contribution in [1.82, 2.24) is 10.3 Å². The van der Waals surface area contributed by atoms with E-state index in [1.54, 1.807) is 46.0 Å². The molecule has 7 nitrogen and oxygen atoms in total. The highest BCUT2D eigenvalue weighted by Gasteiger charge is 2.14. The summed E-state index contributed by atoms with van der Waals surface area (Å²) >= 11 is 0. The molecule has 0 saturated carbocycles. The van der Waals surface area contributed by atoms with Crippen LogP contribution in [0, 0.1) is 10.1 Å². The second kappa shape index (κ2) is 10.9. The number of amides is 1. The Morgan fingerprint density at radius 3 is 2.61 bits per heavy atom. The molecule has 3 aromatic rings. The number of carbonyl (C=O) groups is 1. The van der Waals surface area contributed by atoms with Crippen LogP contribution in [0.4, 0.5) is 5.69 Å². The second-order valence-corrected chi connectivity index (χ2v) is 9.23. The number of nitrogens with one attached hydrogen (secondary N) is 1. The molecule has 9 heteroatoms. The van der Waals surface area contributed by atoms with E-state index in [2.05, 4.69) is 17.2 Å². The molecule has 1 atom stereocenters. The van der Waals surface area contributed by atoms with Crippen molar-refractivity contribution in [3.63, 3.8) is 0 Å². The number of benzene rings is 2. The predicted molar refractivity (Wildman–Crippen MR) is 123 cm³/mol. The van der Waals surface area contributed by atoms with Crippen molar-refractivity contribution < 1.29 is 14.8 Å². The number of hydrogen-bond donors (Lipinski definition) is 2. The summed E-state index contributed by atoms with van der Waals surface area (Å²) in [7, 11) is 3.31. The van der Waals surface area contributed by atoms with Crippen LogP contribution in [-0.2, 0) is 13.2 Å². The highest BCUT2D eigenvalue weighted by molar-refractivity contribution is 8.76. The van der Waals surface area contributed by atoms with Gasteiger partial charge in [0.15, 0.2) is 0 Å². The summed E-state index contributed by atoms with van der Waals surface area (Å²) in [6, 6.07) is 17.7. The van der Waals surface area contributed by atoms with Gasteiger partial charge in [0.05, 0.1) is 17.1 Å². The Morgan fingerprint density at radius 2 is 1.97 bits per heavy atom. The van der Waals surface area contributed by atoms with Gasteiger partial charge < -0.3 is 10.4 Å². The third-order valence-corrected chi connectivity index (χ3v) is 7.26. The number of nitro groups is 1. The zero-order valence-electron chi connectivity index (χ0n) is 16.7. The highest BCUT2D eigenvalue weighted by atomic mass is 33.1. The van der Waals surface area contributed by atoms with Gasteiger partial charge in [-0.05, 0) is 59.2 Å². The maximum Gasteiger partial charge on any atom is 0.274 e. The van der Waals surface area contributed by atoms with Crippen LogP contribution in [0.2, 0.25) is 0 Å². The van der Waals surface area contributed by atoms with E-state index in [9.17, 15) is 20.0 Å². The Kier molecular flexibility index (Phi) is 8.05. The predicted octanol–water partition coefficient (Wildman–Crippen LogP) is 4.91. The molecule has 0 aliphatic carbocycles. The monoisotopic (exact) mass is 455 g/mol. The summed E-state index contributed by atoms with van der Waals surface area (Å²) in [6.07, 6.45) is 1.77. The lowest BCUT2D eigenvalue weighted by Crippen LogP contribution is -2.22. The number of rotatable bonds is 9. The molecule has 31 heavy (non-hydrogen) atoms. The van der Waals surface area contributed by atoms with Gasteiger partial charge in [0.1, 0.15) is 5.03 Å². The van der Waals surface area contributed by atoms with Crippen molar-refractivity contribution in [3.05, 3.63) is 99.2 Å². The second-order valence-electron chi connectivity index (χ2n) is 6.67. The van der Waals surface area contributed by atoms with E-state index in [4.69, 9.17) is 0 Å². The maximum absolute atomic E-state index is 12.5. The Bertz CT molecular complexity index is 1050. The van der Waals surface area contributed by atoms with Gasteiger partial charge in [0.2, 0.25) is 0 Å². The van der Waals surface area contributed by atoms with E-state index in [-0.39, 0.29) is 29.0 Å². The average Bonchev–Trinajstić information content (AvgIpc) is 2.81. The first-order valence-corrected chi connectivity index (χ1v) is 11.7. The molecule has 0 aliphatic rings. The van der Waals surface area contributed by atoms with Crippen molar-refractivity contribution in [2.75, 3.05) is 0 Å². The van der Waals surface area contributed by atoms with E-state index >= 15 is 0 Å². The number of hydrogen-bond acceptors (Lipinski definition) is 7. The average molecular weight is 456 g/mol. The SMILES string of the molecule is CC(SSc1ccccn1)c1ccc(C(=O)NCc2ccc([N+](=O)[O-])c(CO)c2)cc1.